The molecule has 0 bridgehead atoms. The molecule has 1 aromatic carbocycles. The Hall–Kier alpha value is -2.84. The highest BCUT2D eigenvalue weighted by molar-refractivity contribution is 6.04. The first-order valence-corrected chi connectivity index (χ1v) is 6.30. The Morgan fingerprint density at radius 1 is 1.33 bits per heavy atom. The minimum Gasteiger partial charge on any atom is -0.384 e. The third-order valence-electron chi connectivity index (χ3n) is 2.84. The van der Waals surface area contributed by atoms with Crippen molar-refractivity contribution in [2.75, 3.05) is 11.9 Å². The van der Waals surface area contributed by atoms with Gasteiger partial charge in [-0.15, -0.1) is 0 Å². The number of hydrogen-bond acceptors (Lipinski definition) is 3. The molecule has 5 heteroatoms. The molecule has 0 spiro atoms. The summed E-state index contributed by atoms with van der Waals surface area (Å²) in [6.45, 7) is 1.68. The number of H-pyrrole nitrogens is 1. The van der Waals surface area contributed by atoms with Crippen LogP contribution in [-0.4, -0.2) is 22.6 Å². The number of carbonyl (C=O) groups is 1. The van der Waals surface area contributed by atoms with E-state index in [-0.39, 0.29) is 18.1 Å². The average molecular weight is 282 g/mol. The summed E-state index contributed by atoms with van der Waals surface area (Å²) in [7, 11) is 0. The van der Waals surface area contributed by atoms with Crippen LogP contribution in [0.2, 0.25) is 0 Å². The third-order valence-corrected chi connectivity index (χ3v) is 2.84. The standard InChI is InChI=1S/C16H14N2O3/c1-11-4-6-14(9-12(11)3-2-8-19)18-16(21)13-5-7-15(20)17-10-13/h4-7,9-10,19H,8H2,1H3,(H,17,20)(H,18,21). The number of hydrogen-bond donors (Lipinski definition) is 3. The SMILES string of the molecule is Cc1ccc(NC(=O)c2ccc(=O)[nH]c2)cc1C#CCO. The lowest BCUT2D eigenvalue weighted by atomic mass is 10.1. The molecule has 21 heavy (non-hydrogen) atoms. The fourth-order valence-corrected chi connectivity index (χ4v) is 1.72. The second-order valence-corrected chi connectivity index (χ2v) is 4.39. The van der Waals surface area contributed by atoms with Gasteiger partial charge in [-0.2, -0.15) is 0 Å². The summed E-state index contributed by atoms with van der Waals surface area (Å²) in [4.78, 5) is 25.4. The second-order valence-electron chi connectivity index (χ2n) is 4.39. The molecule has 1 heterocycles. The molecule has 106 valence electrons. The van der Waals surface area contributed by atoms with Crippen molar-refractivity contribution >= 4 is 11.6 Å². The van der Waals surface area contributed by atoms with Crippen molar-refractivity contribution < 1.29 is 9.90 Å². The number of aromatic nitrogens is 1. The van der Waals surface area contributed by atoms with E-state index < -0.39 is 0 Å². The van der Waals surface area contributed by atoms with E-state index in [4.69, 9.17) is 5.11 Å². The lowest BCUT2D eigenvalue weighted by molar-refractivity contribution is 0.102. The molecule has 2 rings (SSSR count). The molecule has 0 aliphatic carbocycles. The zero-order valence-electron chi connectivity index (χ0n) is 11.4. The number of rotatable bonds is 2. The van der Waals surface area contributed by atoms with Crippen molar-refractivity contribution in [1.82, 2.24) is 4.98 Å². The largest absolute Gasteiger partial charge is 0.384 e. The number of aliphatic hydroxyl groups excluding tert-OH is 1. The number of aryl methyl sites for hydroxylation is 1. The molecule has 0 aliphatic rings. The summed E-state index contributed by atoms with van der Waals surface area (Å²) in [5.41, 5.74) is 2.39. The minimum absolute atomic E-state index is 0.215. The number of anilines is 1. The van der Waals surface area contributed by atoms with Crippen molar-refractivity contribution in [3.8, 4) is 11.8 Å². The first kappa shape index (κ1) is 14.6. The molecular weight excluding hydrogens is 268 g/mol. The molecular formula is C16H14N2O3. The topological polar surface area (TPSA) is 82.2 Å². The zero-order valence-corrected chi connectivity index (χ0v) is 11.4. The van der Waals surface area contributed by atoms with Gasteiger partial charge >= 0.3 is 0 Å². The van der Waals surface area contributed by atoms with Crippen LogP contribution >= 0.6 is 0 Å². The summed E-state index contributed by atoms with van der Waals surface area (Å²) < 4.78 is 0. The monoisotopic (exact) mass is 282 g/mol. The predicted molar refractivity (Wildman–Crippen MR) is 80.2 cm³/mol. The lowest BCUT2D eigenvalue weighted by Gasteiger charge is -2.07. The Morgan fingerprint density at radius 2 is 2.14 bits per heavy atom. The van der Waals surface area contributed by atoms with Crippen molar-refractivity contribution in [2.24, 2.45) is 0 Å². The molecule has 0 saturated carbocycles. The molecule has 0 unspecified atom stereocenters. The molecule has 3 N–H and O–H groups in total. The van der Waals surface area contributed by atoms with E-state index >= 15 is 0 Å². The molecule has 0 radical (unpaired) electrons. The van der Waals surface area contributed by atoms with Gasteiger partial charge < -0.3 is 15.4 Å². The smallest absolute Gasteiger partial charge is 0.257 e. The van der Waals surface area contributed by atoms with Gasteiger partial charge in [0.15, 0.2) is 0 Å². The number of amides is 1. The number of aromatic amines is 1. The van der Waals surface area contributed by atoms with Gasteiger partial charge in [-0.05, 0) is 30.7 Å². The minimum atomic E-state index is -0.323. The van der Waals surface area contributed by atoms with Crippen LogP contribution in [0.3, 0.4) is 0 Å². The molecule has 0 fully saturated rings. The van der Waals surface area contributed by atoms with E-state index in [1.54, 1.807) is 12.1 Å². The van der Waals surface area contributed by atoms with Crippen LogP contribution in [-0.2, 0) is 0 Å². The van der Waals surface area contributed by atoms with Crippen molar-refractivity contribution in [2.45, 2.75) is 6.92 Å². The van der Waals surface area contributed by atoms with Crippen LogP contribution in [0.1, 0.15) is 21.5 Å². The Bertz CT molecular complexity index is 762. The van der Waals surface area contributed by atoms with E-state index in [0.717, 1.165) is 11.1 Å². The Kier molecular flexibility index (Phi) is 4.54. The maximum Gasteiger partial charge on any atom is 0.257 e. The third kappa shape index (κ3) is 3.81. The Morgan fingerprint density at radius 3 is 2.81 bits per heavy atom. The number of nitrogens with one attached hydrogen (secondary N) is 2. The summed E-state index contributed by atoms with van der Waals surface area (Å²) in [5, 5.41) is 11.5. The van der Waals surface area contributed by atoms with Gasteiger partial charge in [0.2, 0.25) is 5.56 Å². The van der Waals surface area contributed by atoms with Gasteiger partial charge in [0.25, 0.3) is 5.91 Å². The van der Waals surface area contributed by atoms with Crippen molar-refractivity contribution in [3.05, 3.63) is 63.6 Å². The zero-order chi connectivity index (χ0) is 15.2. The van der Waals surface area contributed by atoms with Crippen molar-refractivity contribution in [1.29, 1.82) is 0 Å². The molecule has 1 amide bonds. The maximum absolute atomic E-state index is 12.0. The van der Waals surface area contributed by atoms with Crippen LogP contribution in [0, 0.1) is 18.8 Å². The van der Waals surface area contributed by atoms with E-state index in [9.17, 15) is 9.59 Å². The van der Waals surface area contributed by atoms with Gasteiger partial charge in [0, 0.05) is 23.5 Å². The highest BCUT2D eigenvalue weighted by atomic mass is 16.2. The maximum atomic E-state index is 12.0. The number of pyridine rings is 1. The number of benzene rings is 1. The summed E-state index contributed by atoms with van der Waals surface area (Å²) in [6, 6.07) is 8.09. The predicted octanol–water partition coefficient (Wildman–Crippen LogP) is 1.28. The van der Waals surface area contributed by atoms with Crippen molar-refractivity contribution in [3.63, 3.8) is 0 Å². The second kappa shape index (κ2) is 6.55. The van der Waals surface area contributed by atoms with E-state index in [2.05, 4.69) is 22.1 Å². The summed E-state index contributed by atoms with van der Waals surface area (Å²) in [6.07, 6.45) is 1.36. The van der Waals surface area contributed by atoms with Crippen LogP contribution < -0.4 is 10.9 Å². The Balaban J connectivity index is 2.21. The van der Waals surface area contributed by atoms with Gasteiger partial charge in [0.1, 0.15) is 6.61 Å². The van der Waals surface area contributed by atoms with Crippen LogP contribution in [0.5, 0.6) is 0 Å². The Labute approximate surface area is 121 Å². The number of carbonyl (C=O) groups excluding carboxylic acids is 1. The van der Waals surface area contributed by atoms with Gasteiger partial charge in [-0.1, -0.05) is 17.9 Å². The van der Waals surface area contributed by atoms with E-state index in [1.165, 1.54) is 18.3 Å². The fourth-order valence-electron chi connectivity index (χ4n) is 1.72. The first-order chi connectivity index (χ1) is 10.1. The normalized spacial score (nSPS) is 9.62. The van der Waals surface area contributed by atoms with E-state index in [0.29, 0.717) is 11.3 Å². The highest BCUT2D eigenvalue weighted by Crippen LogP contribution is 2.15. The molecule has 5 nitrogen and oxygen atoms in total. The van der Waals surface area contributed by atoms with E-state index in [1.807, 2.05) is 13.0 Å². The van der Waals surface area contributed by atoms with Gasteiger partial charge in [0.05, 0.1) is 5.56 Å². The van der Waals surface area contributed by atoms with Crippen LogP contribution in [0.4, 0.5) is 5.69 Å². The average Bonchev–Trinajstić information content (AvgIpc) is 2.48. The molecule has 0 saturated heterocycles. The molecule has 0 aliphatic heterocycles. The molecule has 2 aromatic rings. The summed E-state index contributed by atoms with van der Waals surface area (Å²) >= 11 is 0. The highest BCUT2D eigenvalue weighted by Gasteiger charge is 2.07. The summed E-state index contributed by atoms with van der Waals surface area (Å²) in [5.74, 6) is 5.08. The van der Waals surface area contributed by atoms with Crippen LogP contribution in [0.25, 0.3) is 0 Å². The quantitative estimate of drug-likeness (QED) is 0.726. The van der Waals surface area contributed by atoms with Gasteiger partial charge in [-0.25, -0.2) is 0 Å². The molecule has 1 aromatic heterocycles. The fraction of sp³-hybridized carbons (Fsp3) is 0.125. The number of aliphatic hydroxyl groups is 1. The van der Waals surface area contributed by atoms with Crippen LogP contribution in [0.15, 0.2) is 41.3 Å². The lowest BCUT2D eigenvalue weighted by Crippen LogP contribution is -2.14. The molecule has 0 atom stereocenters. The van der Waals surface area contributed by atoms with Gasteiger partial charge in [-0.3, -0.25) is 9.59 Å². The first-order valence-electron chi connectivity index (χ1n) is 6.30.